The molecule has 4 rings (SSSR count). The van der Waals surface area contributed by atoms with Crippen LogP contribution in [0.4, 0.5) is 0 Å². The zero-order chi connectivity index (χ0) is 15.3. The summed E-state index contributed by atoms with van der Waals surface area (Å²) in [6.45, 7) is 2.02. The Morgan fingerprint density at radius 3 is 2.55 bits per heavy atom. The van der Waals surface area contributed by atoms with Gasteiger partial charge in [-0.1, -0.05) is 48.5 Å². The molecule has 0 aliphatic rings. The molecule has 0 unspecified atom stereocenters. The zero-order valence-corrected chi connectivity index (χ0v) is 11.1. The van der Waals surface area contributed by atoms with E-state index in [2.05, 4.69) is 6.07 Å². The summed E-state index contributed by atoms with van der Waals surface area (Å²) in [5.74, 6) is 0. The lowest BCUT2D eigenvalue weighted by atomic mass is 9.98. The Hall–Kier alpha value is -2.54. The average Bonchev–Trinajstić information content (AvgIpc) is 2.89. The fraction of sp³-hybridized carbons (Fsp3) is 0.0526. The summed E-state index contributed by atoms with van der Waals surface area (Å²) in [7, 11) is 0. The average molecular weight is 260 g/mol. The van der Waals surface area contributed by atoms with Crippen LogP contribution in [-0.4, -0.2) is 0 Å². The van der Waals surface area contributed by atoms with Crippen molar-refractivity contribution in [1.29, 1.82) is 0 Å². The van der Waals surface area contributed by atoms with Crippen molar-refractivity contribution in [3.05, 3.63) is 72.2 Å². The fourth-order valence-corrected chi connectivity index (χ4v) is 2.64. The predicted molar refractivity (Wildman–Crippen MR) is 83.9 cm³/mol. The number of rotatable bonds is 1. The van der Waals surface area contributed by atoms with Gasteiger partial charge in [0, 0.05) is 10.8 Å². The molecule has 3 aromatic carbocycles. The van der Waals surface area contributed by atoms with Crippen LogP contribution in [0.15, 0.2) is 71.1 Å². The molecule has 0 fully saturated rings. The van der Waals surface area contributed by atoms with Gasteiger partial charge in [-0.05, 0) is 41.8 Å². The molecule has 0 N–H and O–H groups in total. The minimum Gasteiger partial charge on any atom is -0.456 e. The molecule has 96 valence electrons. The van der Waals surface area contributed by atoms with Crippen molar-refractivity contribution >= 4 is 21.9 Å². The third kappa shape index (κ3) is 1.64. The van der Waals surface area contributed by atoms with Crippen molar-refractivity contribution in [2.45, 2.75) is 6.92 Å². The van der Waals surface area contributed by atoms with Gasteiger partial charge in [-0.25, -0.2) is 0 Å². The number of hydrogen-bond donors (Lipinski definition) is 0. The summed E-state index contributed by atoms with van der Waals surface area (Å²) >= 11 is 0. The summed E-state index contributed by atoms with van der Waals surface area (Å²) in [6.07, 6.45) is 0. The minimum absolute atomic E-state index is 0.354. The van der Waals surface area contributed by atoms with Gasteiger partial charge in [0.1, 0.15) is 11.2 Å². The molecule has 0 amide bonds. The van der Waals surface area contributed by atoms with Crippen LogP contribution < -0.4 is 0 Å². The molecule has 1 heterocycles. The van der Waals surface area contributed by atoms with Crippen molar-refractivity contribution in [3.8, 4) is 11.1 Å². The fourth-order valence-electron chi connectivity index (χ4n) is 2.64. The molecule has 0 bridgehead atoms. The third-order valence-corrected chi connectivity index (χ3v) is 3.61. The maximum Gasteiger partial charge on any atom is 0.136 e. The highest BCUT2D eigenvalue weighted by atomic mass is 16.3. The maximum absolute atomic E-state index is 8.57. The van der Waals surface area contributed by atoms with Crippen molar-refractivity contribution in [2.24, 2.45) is 0 Å². The Kier molecular flexibility index (Phi) is 1.99. The monoisotopic (exact) mass is 260 g/mol. The quantitative estimate of drug-likeness (QED) is 0.436. The van der Waals surface area contributed by atoms with Gasteiger partial charge in [0.15, 0.2) is 0 Å². The Labute approximate surface area is 120 Å². The number of aryl methyl sites for hydroxylation is 1. The third-order valence-electron chi connectivity index (χ3n) is 3.61. The van der Waals surface area contributed by atoms with Gasteiger partial charge >= 0.3 is 0 Å². The topological polar surface area (TPSA) is 13.1 Å². The normalized spacial score (nSPS) is 12.7. The van der Waals surface area contributed by atoms with E-state index in [0.29, 0.717) is 23.3 Å². The second-order valence-corrected chi connectivity index (χ2v) is 4.95. The van der Waals surface area contributed by atoms with Crippen LogP contribution in [0.25, 0.3) is 33.1 Å². The molecule has 0 radical (unpaired) electrons. The van der Waals surface area contributed by atoms with Crippen LogP contribution in [0, 0.1) is 6.92 Å². The molecule has 1 nitrogen and oxygen atoms in total. The second kappa shape index (κ2) is 4.24. The van der Waals surface area contributed by atoms with Crippen molar-refractivity contribution in [3.63, 3.8) is 0 Å². The predicted octanol–water partition coefficient (Wildman–Crippen LogP) is 5.56. The zero-order valence-electron chi connectivity index (χ0n) is 13.1. The Morgan fingerprint density at radius 2 is 1.70 bits per heavy atom. The summed E-state index contributed by atoms with van der Waals surface area (Å²) in [6, 6.07) is 18.2. The Balaban J connectivity index is 2.14. The Bertz CT molecular complexity index is 1000. The molecule has 1 heteroatoms. The first-order valence-electron chi connectivity index (χ1n) is 7.64. The summed E-state index contributed by atoms with van der Waals surface area (Å²) in [5.41, 5.74) is 4.05. The van der Waals surface area contributed by atoms with E-state index in [1.807, 2.05) is 49.4 Å². The molecule has 1 aromatic heterocycles. The molecule has 0 saturated carbocycles. The highest BCUT2D eigenvalue weighted by Crippen LogP contribution is 2.34. The molecule has 0 atom stereocenters. The van der Waals surface area contributed by atoms with E-state index in [9.17, 15) is 0 Å². The first-order valence-corrected chi connectivity index (χ1v) is 6.64. The van der Waals surface area contributed by atoms with E-state index >= 15 is 0 Å². The molecule has 0 aliphatic heterocycles. The highest BCUT2D eigenvalue weighted by Gasteiger charge is 2.10. The van der Waals surface area contributed by atoms with E-state index in [0.717, 1.165) is 27.5 Å². The van der Waals surface area contributed by atoms with Gasteiger partial charge in [0.05, 0.1) is 2.74 Å². The summed E-state index contributed by atoms with van der Waals surface area (Å²) in [4.78, 5) is 0. The number of para-hydroxylation sites is 1. The van der Waals surface area contributed by atoms with Gasteiger partial charge in [0.2, 0.25) is 0 Å². The van der Waals surface area contributed by atoms with E-state index in [1.54, 1.807) is 6.07 Å². The molecular formula is C19H14O. The van der Waals surface area contributed by atoms with E-state index in [1.165, 1.54) is 0 Å². The van der Waals surface area contributed by atoms with E-state index < -0.39 is 0 Å². The van der Waals surface area contributed by atoms with Crippen LogP contribution in [0.1, 0.15) is 8.30 Å². The first-order chi connectivity index (χ1) is 10.7. The van der Waals surface area contributed by atoms with Crippen LogP contribution in [0.5, 0.6) is 0 Å². The number of hydrogen-bond acceptors (Lipinski definition) is 1. The van der Waals surface area contributed by atoms with E-state index in [-0.39, 0.29) is 0 Å². The van der Waals surface area contributed by atoms with Crippen LogP contribution in [-0.2, 0) is 0 Å². The van der Waals surface area contributed by atoms with Gasteiger partial charge in [0.25, 0.3) is 0 Å². The van der Waals surface area contributed by atoms with Crippen molar-refractivity contribution in [1.82, 2.24) is 0 Å². The molecule has 0 spiro atoms. The van der Waals surface area contributed by atoms with Crippen molar-refractivity contribution < 1.29 is 7.16 Å². The summed E-state index contributed by atoms with van der Waals surface area (Å²) < 4.78 is 22.4. The lowest BCUT2D eigenvalue weighted by Crippen LogP contribution is -1.82. The molecule has 0 aliphatic carbocycles. The number of furan rings is 1. The Morgan fingerprint density at radius 1 is 0.900 bits per heavy atom. The number of benzene rings is 3. The second-order valence-electron chi connectivity index (χ2n) is 4.95. The lowest BCUT2D eigenvalue weighted by molar-refractivity contribution is 0.669. The van der Waals surface area contributed by atoms with Gasteiger partial charge < -0.3 is 4.42 Å². The SMILES string of the molecule is [2H]c1cccc2c1oc1c([2H])c(-c3ccccc3)c(C)cc12. The lowest BCUT2D eigenvalue weighted by Gasteiger charge is -2.05. The van der Waals surface area contributed by atoms with E-state index in [4.69, 9.17) is 7.16 Å². The highest BCUT2D eigenvalue weighted by molar-refractivity contribution is 6.06. The molecular weight excluding hydrogens is 244 g/mol. The smallest absolute Gasteiger partial charge is 0.136 e. The van der Waals surface area contributed by atoms with Gasteiger partial charge in [-0.2, -0.15) is 0 Å². The molecule has 20 heavy (non-hydrogen) atoms. The first kappa shape index (κ1) is 9.38. The largest absolute Gasteiger partial charge is 0.456 e. The van der Waals surface area contributed by atoms with Crippen LogP contribution in [0.2, 0.25) is 0 Å². The van der Waals surface area contributed by atoms with Crippen LogP contribution >= 0.6 is 0 Å². The maximum atomic E-state index is 8.57. The van der Waals surface area contributed by atoms with Gasteiger partial charge in [-0.3, -0.25) is 0 Å². The molecule has 4 aromatic rings. The van der Waals surface area contributed by atoms with Crippen LogP contribution in [0.3, 0.4) is 0 Å². The number of fused-ring (bicyclic) bond motifs is 3. The summed E-state index contributed by atoms with van der Waals surface area (Å²) in [5, 5.41) is 1.81. The van der Waals surface area contributed by atoms with Gasteiger partial charge in [-0.15, -0.1) is 0 Å². The minimum atomic E-state index is 0.354. The van der Waals surface area contributed by atoms with Crippen molar-refractivity contribution in [2.75, 3.05) is 0 Å². The standard InChI is InChI=1S/C19H14O/c1-13-11-17-15-9-5-6-10-18(15)20-19(17)12-16(13)14-7-3-2-4-8-14/h2-12H,1H3/i10D,12D. The molecule has 0 saturated heterocycles.